The van der Waals surface area contributed by atoms with E-state index in [9.17, 15) is 4.79 Å². The van der Waals surface area contributed by atoms with Crippen LogP contribution in [0.4, 0.5) is 0 Å². The smallest absolute Gasteiger partial charge is 0.309 e. The molecule has 2 heteroatoms. The zero-order valence-electron chi connectivity index (χ0n) is 10.2. The number of ether oxygens (including phenoxy) is 1. The Morgan fingerprint density at radius 3 is 2.62 bits per heavy atom. The van der Waals surface area contributed by atoms with E-state index in [0.29, 0.717) is 12.3 Å². The SMILES string of the molecule is CC/C=C\CC(=O)OC(CC1CC1)C1CC1. The van der Waals surface area contributed by atoms with Gasteiger partial charge in [0, 0.05) is 0 Å². The maximum Gasteiger partial charge on any atom is 0.309 e. The van der Waals surface area contributed by atoms with Crippen molar-refractivity contribution in [3.8, 4) is 0 Å². The van der Waals surface area contributed by atoms with Crippen molar-refractivity contribution in [3.05, 3.63) is 12.2 Å². The fourth-order valence-electron chi connectivity index (χ4n) is 2.05. The van der Waals surface area contributed by atoms with Gasteiger partial charge in [0.05, 0.1) is 6.42 Å². The minimum absolute atomic E-state index is 0.0396. The van der Waals surface area contributed by atoms with Gasteiger partial charge in [-0.25, -0.2) is 0 Å². The molecule has 0 spiro atoms. The summed E-state index contributed by atoms with van der Waals surface area (Å²) in [5.41, 5.74) is 0. The Morgan fingerprint density at radius 1 is 1.31 bits per heavy atom. The number of hydrogen-bond donors (Lipinski definition) is 0. The molecule has 0 amide bonds. The fraction of sp³-hybridized carbons (Fsp3) is 0.786. The summed E-state index contributed by atoms with van der Waals surface area (Å²) in [6, 6.07) is 0. The first kappa shape index (κ1) is 11.7. The lowest BCUT2D eigenvalue weighted by Gasteiger charge is -2.16. The van der Waals surface area contributed by atoms with Crippen LogP contribution in [0, 0.1) is 11.8 Å². The van der Waals surface area contributed by atoms with Crippen LogP contribution in [-0.2, 0) is 9.53 Å². The molecule has 0 saturated heterocycles. The first-order chi connectivity index (χ1) is 7.79. The van der Waals surface area contributed by atoms with E-state index in [0.717, 1.165) is 18.8 Å². The number of carbonyl (C=O) groups excluding carboxylic acids is 1. The molecule has 0 aromatic heterocycles. The highest BCUT2D eigenvalue weighted by atomic mass is 16.5. The second-order valence-electron chi connectivity index (χ2n) is 5.13. The molecule has 2 fully saturated rings. The van der Waals surface area contributed by atoms with Crippen molar-refractivity contribution in [1.29, 1.82) is 0 Å². The lowest BCUT2D eigenvalue weighted by Crippen LogP contribution is -2.20. The third kappa shape index (κ3) is 3.99. The largest absolute Gasteiger partial charge is 0.462 e. The minimum Gasteiger partial charge on any atom is -0.462 e. The average molecular weight is 222 g/mol. The van der Waals surface area contributed by atoms with Gasteiger partial charge in [0.2, 0.25) is 0 Å². The Kier molecular flexibility index (Phi) is 4.03. The first-order valence-electron chi connectivity index (χ1n) is 6.64. The molecule has 0 aromatic rings. The monoisotopic (exact) mass is 222 g/mol. The van der Waals surface area contributed by atoms with E-state index in [2.05, 4.69) is 6.92 Å². The second kappa shape index (κ2) is 5.51. The number of rotatable bonds is 7. The third-order valence-electron chi connectivity index (χ3n) is 3.38. The normalized spacial score (nSPS) is 22.3. The molecule has 0 heterocycles. The zero-order chi connectivity index (χ0) is 11.4. The van der Waals surface area contributed by atoms with Crippen LogP contribution >= 0.6 is 0 Å². The molecule has 2 rings (SSSR count). The summed E-state index contributed by atoms with van der Waals surface area (Å²) in [5.74, 6) is 1.49. The van der Waals surface area contributed by atoms with Gasteiger partial charge in [0.15, 0.2) is 0 Å². The van der Waals surface area contributed by atoms with Gasteiger partial charge in [0.25, 0.3) is 0 Å². The molecule has 90 valence electrons. The van der Waals surface area contributed by atoms with Crippen molar-refractivity contribution in [3.63, 3.8) is 0 Å². The van der Waals surface area contributed by atoms with Crippen LogP contribution in [0.1, 0.15) is 51.9 Å². The molecule has 0 radical (unpaired) electrons. The summed E-state index contributed by atoms with van der Waals surface area (Å²) in [5, 5.41) is 0. The van der Waals surface area contributed by atoms with Crippen molar-refractivity contribution >= 4 is 5.97 Å². The van der Waals surface area contributed by atoms with Crippen LogP contribution in [0.5, 0.6) is 0 Å². The summed E-state index contributed by atoms with van der Waals surface area (Å²) in [6.45, 7) is 2.07. The maximum absolute atomic E-state index is 11.6. The lowest BCUT2D eigenvalue weighted by molar-refractivity contribution is -0.149. The van der Waals surface area contributed by atoms with E-state index < -0.39 is 0 Å². The van der Waals surface area contributed by atoms with Crippen molar-refractivity contribution in [2.24, 2.45) is 11.8 Å². The predicted molar refractivity (Wildman–Crippen MR) is 64.0 cm³/mol. The van der Waals surface area contributed by atoms with E-state index in [1.165, 1.54) is 25.7 Å². The van der Waals surface area contributed by atoms with Gasteiger partial charge in [0.1, 0.15) is 6.10 Å². The summed E-state index contributed by atoms with van der Waals surface area (Å²) in [7, 11) is 0. The summed E-state index contributed by atoms with van der Waals surface area (Å²) < 4.78 is 5.58. The highest BCUT2D eigenvalue weighted by Crippen LogP contribution is 2.42. The van der Waals surface area contributed by atoms with Crippen LogP contribution in [0.15, 0.2) is 12.2 Å². The average Bonchev–Trinajstić information content (AvgIpc) is 3.11. The zero-order valence-corrected chi connectivity index (χ0v) is 10.2. The molecule has 2 aliphatic rings. The van der Waals surface area contributed by atoms with Gasteiger partial charge in [-0.1, -0.05) is 31.9 Å². The van der Waals surface area contributed by atoms with Crippen LogP contribution in [0.3, 0.4) is 0 Å². The van der Waals surface area contributed by atoms with Crippen molar-refractivity contribution in [1.82, 2.24) is 0 Å². The Balaban J connectivity index is 1.71. The second-order valence-corrected chi connectivity index (χ2v) is 5.13. The molecule has 0 bridgehead atoms. The Bertz CT molecular complexity index is 262. The number of allylic oxidation sites excluding steroid dienone is 1. The van der Waals surface area contributed by atoms with Crippen LogP contribution in [0.2, 0.25) is 0 Å². The molecule has 2 nitrogen and oxygen atoms in total. The van der Waals surface area contributed by atoms with Gasteiger partial charge in [-0.15, -0.1) is 0 Å². The van der Waals surface area contributed by atoms with Gasteiger partial charge in [-0.3, -0.25) is 4.79 Å². The quantitative estimate of drug-likeness (QED) is 0.487. The summed E-state index contributed by atoms with van der Waals surface area (Å²) in [6.07, 6.45) is 11.9. The number of esters is 1. The van der Waals surface area contributed by atoms with Gasteiger partial charge >= 0.3 is 5.97 Å². The van der Waals surface area contributed by atoms with Gasteiger partial charge < -0.3 is 4.74 Å². The van der Waals surface area contributed by atoms with Crippen molar-refractivity contribution < 1.29 is 9.53 Å². The molecule has 1 unspecified atom stereocenters. The standard InChI is InChI=1S/C14H22O2/c1-2-3-4-5-14(15)16-13(12-8-9-12)10-11-6-7-11/h3-4,11-13H,2,5-10H2,1H3/b4-3-. The Morgan fingerprint density at radius 2 is 2.06 bits per heavy atom. The van der Waals surface area contributed by atoms with Crippen molar-refractivity contribution in [2.45, 2.75) is 58.0 Å². The van der Waals surface area contributed by atoms with Crippen molar-refractivity contribution in [2.75, 3.05) is 0 Å². The Hall–Kier alpha value is -0.790. The third-order valence-corrected chi connectivity index (χ3v) is 3.38. The van der Waals surface area contributed by atoms with Gasteiger partial charge in [-0.05, 0) is 37.5 Å². The van der Waals surface area contributed by atoms with E-state index in [1.54, 1.807) is 0 Å². The van der Waals surface area contributed by atoms with Crippen LogP contribution < -0.4 is 0 Å². The van der Waals surface area contributed by atoms with Crippen LogP contribution in [-0.4, -0.2) is 12.1 Å². The summed E-state index contributed by atoms with van der Waals surface area (Å²) in [4.78, 5) is 11.6. The molecule has 0 N–H and O–H groups in total. The Labute approximate surface area is 98.1 Å². The van der Waals surface area contributed by atoms with E-state index in [4.69, 9.17) is 4.74 Å². The van der Waals surface area contributed by atoms with E-state index >= 15 is 0 Å². The molecule has 16 heavy (non-hydrogen) atoms. The molecule has 2 aliphatic carbocycles. The van der Waals surface area contributed by atoms with E-state index in [1.807, 2.05) is 12.2 Å². The first-order valence-corrected chi connectivity index (χ1v) is 6.64. The van der Waals surface area contributed by atoms with Gasteiger partial charge in [-0.2, -0.15) is 0 Å². The highest BCUT2D eigenvalue weighted by molar-refractivity contribution is 5.71. The fourth-order valence-corrected chi connectivity index (χ4v) is 2.05. The minimum atomic E-state index is -0.0396. The summed E-state index contributed by atoms with van der Waals surface area (Å²) >= 11 is 0. The highest BCUT2D eigenvalue weighted by Gasteiger charge is 2.37. The molecule has 1 atom stereocenters. The maximum atomic E-state index is 11.6. The topological polar surface area (TPSA) is 26.3 Å². The molecule has 2 saturated carbocycles. The lowest BCUT2D eigenvalue weighted by atomic mass is 10.1. The molecular weight excluding hydrogens is 200 g/mol. The number of carbonyl (C=O) groups is 1. The van der Waals surface area contributed by atoms with Crippen LogP contribution in [0.25, 0.3) is 0 Å². The molecule has 0 aromatic carbocycles. The molecular formula is C14H22O2. The van der Waals surface area contributed by atoms with E-state index in [-0.39, 0.29) is 12.1 Å². The predicted octanol–water partition coefficient (Wildman–Crippen LogP) is 3.46. The molecule has 0 aliphatic heterocycles. The number of hydrogen-bond acceptors (Lipinski definition) is 2.